The number of amides is 2. The van der Waals surface area contributed by atoms with Crippen LogP contribution < -0.4 is 25.0 Å². The van der Waals surface area contributed by atoms with Gasteiger partial charge in [-0.25, -0.2) is 0 Å². The SMILES string of the molecule is COc1ccc(C(=O)NC(=S)Nc2ccccc2N2CCN(C(=O)C(C)C)CC2)c(OC)c1. The van der Waals surface area contributed by atoms with E-state index in [2.05, 4.69) is 15.5 Å². The highest BCUT2D eigenvalue weighted by Gasteiger charge is 2.24. The molecule has 1 fully saturated rings. The summed E-state index contributed by atoms with van der Waals surface area (Å²) in [4.78, 5) is 29.2. The topological polar surface area (TPSA) is 83.1 Å². The third-order valence-corrected chi connectivity index (χ3v) is 5.66. The van der Waals surface area contributed by atoms with Crippen LogP contribution >= 0.6 is 12.2 Å². The molecule has 2 N–H and O–H groups in total. The predicted octanol–water partition coefficient (Wildman–Crippen LogP) is 3.14. The standard InChI is InChI=1S/C24H30N4O4S/c1-16(2)23(30)28-13-11-27(12-14-28)20-8-6-5-7-19(20)25-24(33)26-22(29)18-10-9-17(31-3)15-21(18)32-4/h5-10,15-16H,11-14H2,1-4H3,(H2,25,26,29,33). The van der Waals surface area contributed by atoms with E-state index in [4.69, 9.17) is 21.7 Å². The van der Waals surface area contributed by atoms with Crippen molar-refractivity contribution in [2.45, 2.75) is 13.8 Å². The Labute approximate surface area is 199 Å². The molecule has 3 rings (SSSR count). The number of piperazine rings is 1. The summed E-state index contributed by atoms with van der Waals surface area (Å²) in [5.41, 5.74) is 2.10. The van der Waals surface area contributed by atoms with Crippen molar-refractivity contribution < 1.29 is 19.1 Å². The van der Waals surface area contributed by atoms with Crippen LogP contribution in [0.1, 0.15) is 24.2 Å². The van der Waals surface area contributed by atoms with Gasteiger partial charge in [0.05, 0.1) is 31.2 Å². The second-order valence-corrected chi connectivity index (χ2v) is 8.37. The maximum atomic E-state index is 12.8. The van der Waals surface area contributed by atoms with E-state index in [-0.39, 0.29) is 22.8 Å². The minimum absolute atomic E-state index is 0.00388. The number of benzene rings is 2. The zero-order valence-electron chi connectivity index (χ0n) is 19.4. The Morgan fingerprint density at radius 1 is 1.00 bits per heavy atom. The zero-order valence-corrected chi connectivity index (χ0v) is 20.2. The van der Waals surface area contributed by atoms with E-state index in [1.54, 1.807) is 25.3 Å². The summed E-state index contributed by atoms with van der Waals surface area (Å²) >= 11 is 5.40. The summed E-state index contributed by atoms with van der Waals surface area (Å²) in [6, 6.07) is 12.7. The van der Waals surface area contributed by atoms with Crippen molar-refractivity contribution >= 4 is 40.5 Å². The first kappa shape index (κ1) is 24.3. The van der Waals surface area contributed by atoms with Crippen LogP contribution in [-0.2, 0) is 4.79 Å². The molecule has 9 heteroatoms. The summed E-state index contributed by atoms with van der Waals surface area (Å²) in [7, 11) is 3.04. The average molecular weight is 471 g/mol. The van der Waals surface area contributed by atoms with Gasteiger partial charge in [-0.2, -0.15) is 0 Å². The molecule has 2 amide bonds. The molecule has 176 valence electrons. The molecule has 1 aliphatic heterocycles. The van der Waals surface area contributed by atoms with Gasteiger partial charge in [-0.15, -0.1) is 0 Å². The van der Waals surface area contributed by atoms with Crippen LogP contribution in [-0.4, -0.2) is 62.2 Å². The Morgan fingerprint density at radius 3 is 2.33 bits per heavy atom. The van der Waals surface area contributed by atoms with Crippen LogP contribution in [0.2, 0.25) is 0 Å². The summed E-state index contributed by atoms with van der Waals surface area (Å²) < 4.78 is 10.5. The molecule has 0 spiro atoms. The molecule has 8 nitrogen and oxygen atoms in total. The second-order valence-electron chi connectivity index (χ2n) is 7.96. The van der Waals surface area contributed by atoms with Gasteiger partial charge in [0, 0.05) is 38.2 Å². The van der Waals surface area contributed by atoms with Crippen molar-refractivity contribution in [3.63, 3.8) is 0 Å². The van der Waals surface area contributed by atoms with Crippen molar-refractivity contribution in [2.24, 2.45) is 5.92 Å². The van der Waals surface area contributed by atoms with Crippen LogP contribution in [0.25, 0.3) is 0 Å². The third-order valence-electron chi connectivity index (χ3n) is 5.46. The monoisotopic (exact) mass is 470 g/mol. The van der Waals surface area contributed by atoms with E-state index in [0.717, 1.165) is 24.5 Å². The smallest absolute Gasteiger partial charge is 0.261 e. The van der Waals surface area contributed by atoms with Crippen molar-refractivity contribution in [1.82, 2.24) is 10.2 Å². The van der Waals surface area contributed by atoms with E-state index < -0.39 is 0 Å². The summed E-state index contributed by atoms with van der Waals surface area (Å²) in [6.45, 7) is 6.63. The van der Waals surface area contributed by atoms with E-state index in [0.29, 0.717) is 30.2 Å². The number of methoxy groups -OCH3 is 2. The van der Waals surface area contributed by atoms with Gasteiger partial charge < -0.3 is 24.6 Å². The van der Waals surface area contributed by atoms with Crippen LogP contribution in [0.15, 0.2) is 42.5 Å². The highest BCUT2D eigenvalue weighted by atomic mass is 32.1. The van der Waals surface area contributed by atoms with Gasteiger partial charge in [-0.05, 0) is 36.5 Å². The van der Waals surface area contributed by atoms with Gasteiger partial charge in [0.1, 0.15) is 11.5 Å². The fourth-order valence-corrected chi connectivity index (χ4v) is 3.90. The molecule has 0 atom stereocenters. The van der Waals surface area contributed by atoms with Crippen molar-refractivity contribution in [2.75, 3.05) is 50.6 Å². The summed E-state index contributed by atoms with van der Waals surface area (Å²) in [5, 5.41) is 6.02. The molecular weight excluding hydrogens is 440 g/mol. The molecule has 0 radical (unpaired) electrons. The number of anilines is 2. The Bertz CT molecular complexity index is 1020. The normalized spacial score (nSPS) is 13.5. The molecule has 1 aliphatic rings. The number of nitrogens with zero attached hydrogens (tertiary/aromatic N) is 2. The first-order chi connectivity index (χ1) is 15.8. The molecule has 0 saturated carbocycles. The maximum Gasteiger partial charge on any atom is 0.261 e. The molecule has 2 aromatic rings. The summed E-state index contributed by atoms with van der Waals surface area (Å²) in [5.74, 6) is 0.775. The molecule has 2 aromatic carbocycles. The molecule has 33 heavy (non-hydrogen) atoms. The van der Waals surface area contributed by atoms with E-state index >= 15 is 0 Å². The van der Waals surface area contributed by atoms with Gasteiger partial charge in [0.25, 0.3) is 5.91 Å². The van der Waals surface area contributed by atoms with E-state index in [1.165, 1.54) is 7.11 Å². The number of para-hydroxylation sites is 2. The zero-order chi connectivity index (χ0) is 24.0. The Balaban J connectivity index is 1.66. The van der Waals surface area contributed by atoms with Gasteiger partial charge in [0.15, 0.2) is 5.11 Å². The van der Waals surface area contributed by atoms with Gasteiger partial charge in [-0.3, -0.25) is 14.9 Å². The van der Waals surface area contributed by atoms with Crippen LogP contribution in [0.4, 0.5) is 11.4 Å². The van der Waals surface area contributed by atoms with Crippen LogP contribution in [0, 0.1) is 5.92 Å². The minimum Gasteiger partial charge on any atom is -0.497 e. The van der Waals surface area contributed by atoms with Gasteiger partial charge >= 0.3 is 0 Å². The Kier molecular flexibility index (Phi) is 8.11. The lowest BCUT2D eigenvalue weighted by atomic mass is 10.1. The number of carbonyl (C=O) groups excluding carboxylic acids is 2. The lowest BCUT2D eigenvalue weighted by Gasteiger charge is -2.37. The predicted molar refractivity (Wildman–Crippen MR) is 133 cm³/mol. The number of carbonyl (C=O) groups is 2. The number of thiocarbonyl (C=S) groups is 1. The molecular formula is C24H30N4O4S. The van der Waals surface area contributed by atoms with Crippen molar-refractivity contribution in [3.8, 4) is 11.5 Å². The third kappa shape index (κ3) is 5.92. The highest BCUT2D eigenvalue weighted by Crippen LogP contribution is 2.27. The molecule has 0 aliphatic carbocycles. The van der Waals surface area contributed by atoms with Gasteiger partial charge in [0.2, 0.25) is 5.91 Å². The molecule has 0 aromatic heterocycles. The quantitative estimate of drug-likeness (QED) is 0.628. The lowest BCUT2D eigenvalue weighted by Crippen LogP contribution is -2.50. The molecule has 0 bridgehead atoms. The number of hydrogen-bond acceptors (Lipinski definition) is 6. The number of nitrogens with one attached hydrogen (secondary N) is 2. The fourth-order valence-electron chi connectivity index (χ4n) is 3.70. The average Bonchev–Trinajstić information content (AvgIpc) is 2.83. The van der Waals surface area contributed by atoms with Crippen molar-refractivity contribution in [3.05, 3.63) is 48.0 Å². The number of rotatable bonds is 6. The second kappa shape index (κ2) is 11.0. The van der Waals surface area contributed by atoms with Crippen molar-refractivity contribution in [1.29, 1.82) is 0 Å². The largest absolute Gasteiger partial charge is 0.497 e. The molecule has 1 saturated heterocycles. The Morgan fingerprint density at radius 2 is 1.70 bits per heavy atom. The number of hydrogen-bond donors (Lipinski definition) is 2. The summed E-state index contributed by atoms with van der Waals surface area (Å²) in [6.07, 6.45) is 0. The first-order valence-corrected chi connectivity index (χ1v) is 11.2. The first-order valence-electron chi connectivity index (χ1n) is 10.8. The highest BCUT2D eigenvalue weighted by molar-refractivity contribution is 7.80. The number of ether oxygens (including phenoxy) is 2. The Hall–Kier alpha value is -3.33. The van der Waals surface area contributed by atoms with Gasteiger partial charge in [-0.1, -0.05) is 26.0 Å². The minimum atomic E-state index is -0.384. The lowest BCUT2D eigenvalue weighted by molar-refractivity contribution is -0.134. The van der Waals surface area contributed by atoms with Crippen LogP contribution in [0.3, 0.4) is 0 Å². The van der Waals surface area contributed by atoms with Crippen LogP contribution in [0.5, 0.6) is 11.5 Å². The maximum absolute atomic E-state index is 12.8. The molecule has 1 heterocycles. The van der Waals surface area contributed by atoms with E-state index in [1.807, 2.05) is 43.0 Å². The van der Waals surface area contributed by atoms with E-state index in [9.17, 15) is 9.59 Å². The fraction of sp³-hybridized carbons (Fsp3) is 0.375. The molecule has 0 unspecified atom stereocenters.